The predicted molar refractivity (Wildman–Crippen MR) is 112 cm³/mol. The molecule has 7 nitrogen and oxygen atoms in total. The van der Waals surface area contributed by atoms with Crippen molar-refractivity contribution < 1.29 is 14.3 Å². The Hall–Kier alpha value is -2.52. The molecule has 148 valence electrons. The summed E-state index contributed by atoms with van der Waals surface area (Å²) < 4.78 is 12.4. The van der Waals surface area contributed by atoms with Gasteiger partial charge in [-0.2, -0.15) is 0 Å². The lowest BCUT2D eigenvalue weighted by Crippen LogP contribution is -2.22. The Bertz CT molecular complexity index is 941. The number of thioether (sulfide) groups is 1. The fraction of sp³-hybridized carbons (Fsp3) is 0.316. The second-order valence-corrected chi connectivity index (χ2v) is 8.37. The lowest BCUT2D eigenvalue weighted by atomic mass is 10.2. The molecule has 9 heteroatoms. The van der Waals surface area contributed by atoms with Crippen molar-refractivity contribution in [3.05, 3.63) is 46.4 Å². The monoisotopic (exact) mass is 418 g/mol. The molecule has 1 N–H and O–H groups in total. The van der Waals surface area contributed by atoms with Gasteiger partial charge in [0.1, 0.15) is 5.82 Å². The van der Waals surface area contributed by atoms with Crippen molar-refractivity contribution in [1.29, 1.82) is 0 Å². The third-order valence-electron chi connectivity index (χ3n) is 4.14. The van der Waals surface area contributed by atoms with Crippen molar-refractivity contribution in [3.8, 4) is 11.5 Å². The van der Waals surface area contributed by atoms with E-state index in [1.165, 1.54) is 16.6 Å². The van der Waals surface area contributed by atoms with Crippen molar-refractivity contribution in [2.75, 3.05) is 19.5 Å². The lowest BCUT2D eigenvalue weighted by Gasteiger charge is -2.13. The topological polar surface area (TPSA) is 78.3 Å². The first-order valence-electron chi connectivity index (χ1n) is 8.62. The number of amides is 1. The highest BCUT2D eigenvalue weighted by atomic mass is 32.2. The van der Waals surface area contributed by atoms with E-state index < -0.39 is 0 Å². The number of benzene rings is 1. The van der Waals surface area contributed by atoms with Crippen molar-refractivity contribution in [2.45, 2.75) is 23.8 Å². The van der Waals surface area contributed by atoms with Gasteiger partial charge in [-0.3, -0.25) is 4.79 Å². The molecule has 3 aromatic rings. The molecular weight excluding hydrogens is 396 g/mol. The number of anilines is 1. The number of nitrogens with one attached hydrogen (secondary N) is 1. The Morgan fingerprint density at radius 1 is 1.25 bits per heavy atom. The molecule has 1 atom stereocenters. The summed E-state index contributed by atoms with van der Waals surface area (Å²) in [5.41, 5.74) is 0.645. The maximum Gasteiger partial charge on any atom is 0.237 e. The van der Waals surface area contributed by atoms with Crippen LogP contribution in [-0.2, 0) is 18.3 Å². The molecule has 2 aromatic heterocycles. The van der Waals surface area contributed by atoms with Gasteiger partial charge < -0.3 is 19.4 Å². The van der Waals surface area contributed by atoms with Crippen LogP contribution in [-0.4, -0.2) is 40.1 Å². The highest BCUT2D eigenvalue weighted by Gasteiger charge is 2.19. The molecule has 28 heavy (non-hydrogen) atoms. The molecule has 0 aliphatic rings. The molecule has 0 fully saturated rings. The average molecular weight is 419 g/mol. The summed E-state index contributed by atoms with van der Waals surface area (Å²) in [7, 11) is 5.05. The van der Waals surface area contributed by atoms with Crippen LogP contribution in [0.15, 0.2) is 40.9 Å². The summed E-state index contributed by atoms with van der Waals surface area (Å²) in [5.74, 6) is 1.92. The Kier molecular flexibility index (Phi) is 6.58. The van der Waals surface area contributed by atoms with E-state index in [0.717, 1.165) is 12.2 Å². The molecular formula is C19H22N4O3S2. The number of rotatable bonds is 8. The minimum absolute atomic E-state index is 0.125. The first-order valence-corrected chi connectivity index (χ1v) is 10.4. The Labute approximate surface area is 172 Å². The van der Waals surface area contributed by atoms with Crippen LogP contribution in [0.1, 0.15) is 17.6 Å². The van der Waals surface area contributed by atoms with E-state index in [1.807, 2.05) is 30.0 Å². The smallest absolute Gasteiger partial charge is 0.237 e. The van der Waals surface area contributed by atoms with Gasteiger partial charge in [0, 0.05) is 30.1 Å². The normalized spacial score (nSPS) is 11.9. The van der Waals surface area contributed by atoms with Crippen molar-refractivity contribution in [3.63, 3.8) is 0 Å². The van der Waals surface area contributed by atoms with Crippen molar-refractivity contribution in [2.24, 2.45) is 7.05 Å². The highest BCUT2D eigenvalue weighted by molar-refractivity contribution is 8.00. The van der Waals surface area contributed by atoms with Gasteiger partial charge in [0.25, 0.3) is 0 Å². The molecule has 1 aromatic carbocycles. The van der Waals surface area contributed by atoms with Crippen LogP contribution in [0.3, 0.4) is 0 Å². The van der Waals surface area contributed by atoms with Crippen LogP contribution >= 0.6 is 23.1 Å². The number of hydrogen-bond donors (Lipinski definition) is 1. The van der Waals surface area contributed by atoms with Crippen molar-refractivity contribution in [1.82, 2.24) is 14.8 Å². The molecule has 3 rings (SSSR count). The molecule has 0 saturated carbocycles. The van der Waals surface area contributed by atoms with Gasteiger partial charge >= 0.3 is 0 Å². The third kappa shape index (κ3) is 4.66. The van der Waals surface area contributed by atoms with E-state index in [2.05, 4.69) is 21.6 Å². The molecule has 0 unspecified atom stereocenters. The molecule has 0 aliphatic heterocycles. The fourth-order valence-electron chi connectivity index (χ4n) is 2.54. The zero-order valence-electron chi connectivity index (χ0n) is 16.1. The van der Waals surface area contributed by atoms with Gasteiger partial charge in [-0.25, -0.2) is 0 Å². The van der Waals surface area contributed by atoms with Gasteiger partial charge in [-0.1, -0.05) is 17.8 Å². The van der Waals surface area contributed by atoms with Crippen LogP contribution in [0.25, 0.3) is 0 Å². The number of hydrogen-bond acceptors (Lipinski definition) is 7. The van der Waals surface area contributed by atoms with Crippen LogP contribution in [0.5, 0.6) is 11.5 Å². The van der Waals surface area contributed by atoms with Crippen LogP contribution in [0.4, 0.5) is 5.69 Å². The van der Waals surface area contributed by atoms with Gasteiger partial charge in [-0.05, 0) is 30.5 Å². The van der Waals surface area contributed by atoms with Gasteiger partial charge in [0.2, 0.25) is 5.91 Å². The second kappa shape index (κ2) is 9.11. The number of methoxy groups -OCH3 is 2. The summed E-state index contributed by atoms with van der Waals surface area (Å²) in [6.45, 7) is 1.84. The van der Waals surface area contributed by atoms with Gasteiger partial charge in [0.05, 0.1) is 19.5 Å². The zero-order chi connectivity index (χ0) is 20.1. The maximum atomic E-state index is 12.6. The second-order valence-electron chi connectivity index (χ2n) is 6.03. The summed E-state index contributed by atoms with van der Waals surface area (Å²) in [5, 5.41) is 13.8. The van der Waals surface area contributed by atoms with Crippen LogP contribution in [0.2, 0.25) is 0 Å². The first kappa shape index (κ1) is 20.2. The third-order valence-corrected chi connectivity index (χ3v) is 6.15. The SMILES string of the molecule is COc1ccc(NC(=O)[C@@H](C)Sc2nnc(Cc3cccs3)n2C)cc1OC. The van der Waals surface area contributed by atoms with E-state index in [1.54, 1.807) is 43.8 Å². The fourth-order valence-corrected chi connectivity index (χ4v) is 4.08. The standard InChI is InChI=1S/C19H22N4O3S2/c1-12(18(24)20-13-7-8-15(25-3)16(10-13)26-4)28-19-22-21-17(23(19)2)11-14-6-5-9-27-14/h5-10,12H,11H2,1-4H3,(H,20,24)/t12-/m1/s1. The summed E-state index contributed by atoms with van der Waals surface area (Å²) >= 11 is 3.06. The molecule has 0 aliphatic carbocycles. The van der Waals surface area contributed by atoms with E-state index >= 15 is 0 Å². The number of nitrogens with zero attached hydrogens (tertiary/aromatic N) is 3. The zero-order valence-corrected chi connectivity index (χ0v) is 17.8. The summed E-state index contributed by atoms with van der Waals surface area (Å²) in [6.07, 6.45) is 0.730. The van der Waals surface area contributed by atoms with Crippen molar-refractivity contribution >= 4 is 34.7 Å². The number of carbonyl (C=O) groups is 1. The molecule has 0 bridgehead atoms. The van der Waals surface area contributed by atoms with Gasteiger partial charge in [0.15, 0.2) is 16.7 Å². The summed E-state index contributed by atoms with van der Waals surface area (Å²) in [4.78, 5) is 13.8. The van der Waals surface area contributed by atoms with E-state index in [4.69, 9.17) is 9.47 Å². The molecule has 2 heterocycles. The average Bonchev–Trinajstić information content (AvgIpc) is 3.33. The maximum absolute atomic E-state index is 12.6. The first-order chi connectivity index (χ1) is 13.5. The molecule has 0 spiro atoms. The predicted octanol–water partition coefficient (Wildman–Crippen LogP) is 3.60. The van der Waals surface area contributed by atoms with E-state index in [9.17, 15) is 4.79 Å². The minimum Gasteiger partial charge on any atom is -0.493 e. The van der Waals surface area contributed by atoms with Gasteiger partial charge in [-0.15, -0.1) is 21.5 Å². The Balaban J connectivity index is 1.64. The number of aromatic nitrogens is 3. The van der Waals surface area contributed by atoms with E-state index in [0.29, 0.717) is 22.3 Å². The van der Waals surface area contributed by atoms with Crippen LogP contribution in [0, 0.1) is 0 Å². The number of carbonyl (C=O) groups excluding carboxylic acids is 1. The molecule has 0 radical (unpaired) electrons. The number of thiophene rings is 1. The Morgan fingerprint density at radius 2 is 2.04 bits per heavy atom. The van der Waals surface area contributed by atoms with Crippen LogP contribution < -0.4 is 14.8 Å². The minimum atomic E-state index is -0.342. The molecule has 0 saturated heterocycles. The lowest BCUT2D eigenvalue weighted by molar-refractivity contribution is -0.115. The quantitative estimate of drug-likeness (QED) is 0.563. The highest BCUT2D eigenvalue weighted by Crippen LogP contribution is 2.30. The Morgan fingerprint density at radius 3 is 2.71 bits per heavy atom. The van der Waals surface area contributed by atoms with E-state index in [-0.39, 0.29) is 11.2 Å². The summed E-state index contributed by atoms with van der Waals surface area (Å²) in [6, 6.07) is 9.36. The number of ether oxygens (including phenoxy) is 2. The molecule has 1 amide bonds. The largest absolute Gasteiger partial charge is 0.493 e.